The van der Waals surface area contributed by atoms with Crippen molar-refractivity contribution in [3.05, 3.63) is 107 Å². The van der Waals surface area contributed by atoms with E-state index in [1.54, 1.807) is 36.4 Å². The molecule has 154 valence electrons. The van der Waals surface area contributed by atoms with Crippen molar-refractivity contribution in [1.29, 1.82) is 0 Å². The zero-order chi connectivity index (χ0) is 21.6. The highest BCUT2D eigenvalue weighted by molar-refractivity contribution is 8.13. The highest BCUT2D eigenvalue weighted by Gasteiger charge is 2.36. The summed E-state index contributed by atoms with van der Waals surface area (Å²) in [4.78, 5) is 29.7. The van der Waals surface area contributed by atoms with Crippen LogP contribution in [0, 0.1) is 5.82 Å². The number of fused-ring (bicyclic) bond motifs is 1. The lowest BCUT2D eigenvalue weighted by Gasteiger charge is -2.17. The van der Waals surface area contributed by atoms with Crippen LogP contribution in [0.2, 0.25) is 0 Å². The molecule has 1 heterocycles. The molecule has 7 heteroatoms. The van der Waals surface area contributed by atoms with Gasteiger partial charge in [0.1, 0.15) is 5.82 Å². The number of aliphatic imine (C=N–C) groups is 1. The maximum atomic E-state index is 13.6. The normalized spacial score (nSPS) is 13.7. The summed E-state index contributed by atoms with van der Waals surface area (Å²) < 4.78 is 13.6. The number of hydrazine groups is 1. The number of hydrogen-bond acceptors (Lipinski definition) is 4. The summed E-state index contributed by atoms with van der Waals surface area (Å²) in [6.45, 7) is 0. The third-order valence-electron chi connectivity index (χ3n) is 4.47. The van der Waals surface area contributed by atoms with Gasteiger partial charge < -0.3 is 0 Å². The Morgan fingerprint density at radius 2 is 1.61 bits per heavy atom. The molecular weight excluding hydrogens is 413 g/mol. The third kappa shape index (κ3) is 4.90. The SMILES string of the molecule is O=C1c2ccccc2C(=O)N1NC(=Nc1cccc(F)c1)SC/C=C/c1ccccc1. The third-order valence-corrected chi connectivity index (χ3v) is 5.28. The Bertz CT molecular complexity index is 1140. The molecule has 1 N–H and O–H groups in total. The van der Waals surface area contributed by atoms with Crippen molar-refractivity contribution in [2.45, 2.75) is 0 Å². The molecule has 0 radical (unpaired) electrons. The van der Waals surface area contributed by atoms with Crippen molar-refractivity contribution in [3.63, 3.8) is 0 Å². The van der Waals surface area contributed by atoms with E-state index >= 15 is 0 Å². The zero-order valence-electron chi connectivity index (χ0n) is 16.4. The van der Waals surface area contributed by atoms with Gasteiger partial charge in [-0.2, -0.15) is 5.01 Å². The van der Waals surface area contributed by atoms with Crippen molar-refractivity contribution >= 4 is 40.5 Å². The zero-order valence-corrected chi connectivity index (χ0v) is 17.2. The summed E-state index contributed by atoms with van der Waals surface area (Å²) in [7, 11) is 0. The van der Waals surface area contributed by atoms with Crippen molar-refractivity contribution < 1.29 is 14.0 Å². The molecule has 0 atom stereocenters. The van der Waals surface area contributed by atoms with Gasteiger partial charge in [-0.1, -0.05) is 72.4 Å². The highest BCUT2D eigenvalue weighted by Crippen LogP contribution is 2.22. The van der Waals surface area contributed by atoms with Crippen LogP contribution in [-0.2, 0) is 0 Å². The van der Waals surface area contributed by atoms with Gasteiger partial charge in [-0.05, 0) is 35.9 Å². The molecule has 0 unspecified atom stereocenters. The van der Waals surface area contributed by atoms with Crippen LogP contribution >= 0.6 is 11.8 Å². The predicted molar refractivity (Wildman–Crippen MR) is 122 cm³/mol. The van der Waals surface area contributed by atoms with Crippen molar-refractivity contribution in [3.8, 4) is 0 Å². The molecule has 0 saturated heterocycles. The minimum atomic E-state index is -0.451. The maximum absolute atomic E-state index is 13.6. The van der Waals surface area contributed by atoms with Crippen LogP contribution in [-0.4, -0.2) is 27.7 Å². The first-order valence-corrected chi connectivity index (χ1v) is 10.5. The van der Waals surface area contributed by atoms with Gasteiger partial charge in [-0.15, -0.1) is 0 Å². The van der Waals surface area contributed by atoms with E-state index in [1.807, 2.05) is 42.5 Å². The Balaban J connectivity index is 1.53. The average molecular weight is 431 g/mol. The number of carbonyl (C=O) groups excluding carboxylic acids is 2. The van der Waals surface area contributed by atoms with Crippen LogP contribution in [0.25, 0.3) is 6.08 Å². The van der Waals surface area contributed by atoms with Crippen molar-refractivity contribution in [1.82, 2.24) is 10.4 Å². The lowest BCUT2D eigenvalue weighted by Crippen LogP contribution is -2.45. The fourth-order valence-corrected chi connectivity index (χ4v) is 3.69. The monoisotopic (exact) mass is 431 g/mol. The number of thioether (sulfide) groups is 1. The number of rotatable bonds is 5. The average Bonchev–Trinajstić information content (AvgIpc) is 3.02. The van der Waals surface area contributed by atoms with E-state index in [4.69, 9.17) is 0 Å². The number of carbonyl (C=O) groups is 2. The van der Waals surface area contributed by atoms with Crippen molar-refractivity contribution in [2.75, 3.05) is 5.75 Å². The number of halogens is 1. The Morgan fingerprint density at radius 1 is 0.935 bits per heavy atom. The van der Waals surface area contributed by atoms with Gasteiger partial charge in [0.2, 0.25) is 0 Å². The summed E-state index contributed by atoms with van der Waals surface area (Å²) in [6, 6.07) is 22.3. The molecule has 2 amide bonds. The predicted octanol–water partition coefficient (Wildman–Crippen LogP) is 5.06. The first-order chi connectivity index (χ1) is 15.1. The van der Waals surface area contributed by atoms with E-state index in [1.165, 1.54) is 23.9 Å². The molecule has 0 saturated carbocycles. The molecular formula is C24H18FN3O2S. The molecule has 0 fully saturated rings. The van der Waals surface area contributed by atoms with E-state index in [0.29, 0.717) is 27.7 Å². The second-order valence-corrected chi connectivity index (χ2v) is 7.63. The minimum absolute atomic E-state index is 0.304. The Morgan fingerprint density at radius 3 is 2.29 bits per heavy atom. The van der Waals surface area contributed by atoms with E-state index in [0.717, 1.165) is 10.6 Å². The van der Waals surface area contributed by atoms with E-state index in [-0.39, 0.29) is 0 Å². The molecule has 0 aliphatic carbocycles. The molecule has 3 aromatic rings. The van der Waals surface area contributed by atoms with Crippen molar-refractivity contribution in [2.24, 2.45) is 4.99 Å². The van der Waals surface area contributed by atoms with E-state index in [2.05, 4.69) is 10.4 Å². The highest BCUT2D eigenvalue weighted by atomic mass is 32.2. The molecule has 31 heavy (non-hydrogen) atoms. The van der Waals surface area contributed by atoms with Crippen LogP contribution in [0.15, 0.2) is 89.9 Å². The summed E-state index contributed by atoms with van der Waals surface area (Å²) in [5.74, 6) is -0.796. The number of nitrogens with zero attached hydrogens (tertiary/aromatic N) is 2. The summed E-state index contributed by atoms with van der Waals surface area (Å²) in [5, 5.41) is 1.24. The fourth-order valence-electron chi connectivity index (χ4n) is 3.01. The summed E-state index contributed by atoms with van der Waals surface area (Å²) in [5.41, 5.74) is 4.91. The Hall–Kier alpha value is -3.71. The molecule has 3 aromatic carbocycles. The Labute approximate surface area is 183 Å². The number of hydrogen-bond donors (Lipinski definition) is 1. The van der Waals surface area contributed by atoms with Gasteiger partial charge in [-0.25, -0.2) is 9.38 Å². The first-order valence-electron chi connectivity index (χ1n) is 9.55. The lowest BCUT2D eigenvalue weighted by molar-refractivity contribution is 0.0613. The van der Waals surface area contributed by atoms with Crippen LogP contribution in [0.4, 0.5) is 10.1 Å². The number of amidine groups is 1. The second-order valence-electron chi connectivity index (χ2n) is 6.62. The molecule has 0 aromatic heterocycles. The molecule has 1 aliphatic heterocycles. The Kier molecular flexibility index (Phi) is 6.24. The minimum Gasteiger partial charge on any atom is -0.267 e. The number of nitrogens with one attached hydrogen (secondary N) is 1. The largest absolute Gasteiger partial charge is 0.280 e. The van der Waals surface area contributed by atoms with Gasteiger partial charge in [0.15, 0.2) is 5.17 Å². The van der Waals surface area contributed by atoms with Gasteiger partial charge in [0.25, 0.3) is 11.8 Å². The van der Waals surface area contributed by atoms with Crippen LogP contribution in [0.5, 0.6) is 0 Å². The van der Waals surface area contributed by atoms with Gasteiger partial charge in [0.05, 0.1) is 16.8 Å². The molecule has 4 rings (SSSR count). The quantitative estimate of drug-likeness (QED) is 0.348. The first kappa shape index (κ1) is 20.6. The topological polar surface area (TPSA) is 61.8 Å². The van der Waals surface area contributed by atoms with E-state index < -0.39 is 17.6 Å². The van der Waals surface area contributed by atoms with Crippen LogP contribution in [0.3, 0.4) is 0 Å². The summed E-state index contributed by atoms with van der Waals surface area (Å²) in [6.07, 6.45) is 3.92. The number of amides is 2. The maximum Gasteiger partial charge on any atom is 0.280 e. The van der Waals surface area contributed by atoms with E-state index in [9.17, 15) is 14.0 Å². The van der Waals surface area contributed by atoms with Gasteiger partial charge in [-0.3, -0.25) is 15.0 Å². The molecule has 0 bridgehead atoms. The summed E-state index contributed by atoms with van der Waals surface area (Å²) >= 11 is 1.29. The molecule has 1 aliphatic rings. The van der Waals surface area contributed by atoms with Gasteiger partial charge in [0, 0.05) is 5.75 Å². The van der Waals surface area contributed by atoms with Gasteiger partial charge >= 0.3 is 0 Å². The fraction of sp³-hybridized carbons (Fsp3) is 0.0417. The standard InChI is InChI=1S/C24H18FN3O2S/c25-18-11-6-12-19(16-18)26-24(31-15-7-10-17-8-2-1-3-9-17)27-28-22(29)20-13-4-5-14-21(20)23(28)30/h1-14,16H,15H2,(H,26,27)/b10-7+. The molecule has 0 spiro atoms. The number of benzene rings is 3. The molecule has 5 nitrogen and oxygen atoms in total. The van der Waals surface area contributed by atoms with Crippen LogP contribution in [0.1, 0.15) is 26.3 Å². The van der Waals surface area contributed by atoms with Crippen LogP contribution < -0.4 is 5.43 Å². The number of imide groups is 1. The second kappa shape index (κ2) is 9.40. The lowest BCUT2D eigenvalue weighted by atomic mass is 10.1. The smallest absolute Gasteiger partial charge is 0.267 e.